The van der Waals surface area contributed by atoms with Crippen LogP contribution in [0.15, 0.2) is 30.3 Å². The summed E-state index contributed by atoms with van der Waals surface area (Å²) in [5, 5.41) is 0. The number of hydrogen-bond donors (Lipinski definition) is 0. The van der Waals surface area contributed by atoms with Gasteiger partial charge in [-0.15, -0.1) is 0 Å². The van der Waals surface area contributed by atoms with Crippen molar-refractivity contribution in [3.05, 3.63) is 35.9 Å². The van der Waals surface area contributed by atoms with Gasteiger partial charge < -0.3 is 0 Å². The molecule has 0 spiro atoms. The van der Waals surface area contributed by atoms with E-state index < -0.39 is 22.8 Å². The van der Waals surface area contributed by atoms with Gasteiger partial charge in [0.2, 0.25) is 0 Å². The zero-order valence-corrected chi connectivity index (χ0v) is 9.40. The van der Waals surface area contributed by atoms with E-state index in [1.165, 1.54) is 0 Å². The summed E-state index contributed by atoms with van der Waals surface area (Å²) in [7, 11) is -4.65. The van der Waals surface area contributed by atoms with Crippen molar-refractivity contribution in [1.82, 2.24) is 0 Å². The van der Waals surface area contributed by atoms with E-state index in [2.05, 4.69) is 4.31 Å². The molecule has 5 nitrogen and oxygen atoms in total. The molecule has 0 saturated carbocycles. The number of rotatable bonds is 2. The summed E-state index contributed by atoms with van der Waals surface area (Å²) in [5.41, 5.74) is 0.955. The molecule has 2 atom stereocenters. The Balaban J connectivity index is 2.00. The molecular formula is C8H8O5P2+2. The van der Waals surface area contributed by atoms with Crippen molar-refractivity contribution in [3.8, 4) is 0 Å². The highest BCUT2D eigenvalue weighted by Crippen LogP contribution is 2.47. The van der Waals surface area contributed by atoms with Crippen molar-refractivity contribution in [2.24, 2.45) is 0 Å². The molecule has 78 valence electrons. The molecule has 2 unspecified atom stereocenters. The molecule has 1 aromatic rings. The lowest BCUT2D eigenvalue weighted by Gasteiger charge is -2.04. The van der Waals surface area contributed by atoms with Gasteiger partial charge in [-0.25, -0.2) is 0 Å². The number of hydrogen-bond acceptors (Lipinski definition) is 5. The predicted molar refractivity (Wildman–Crippen MR) is 52.4 cm³/mol. The Bertz CT molecular complexity index is 364. The fourth-order valence-electron chi connectivity index (χ4n) is 1.19. The van der Waals surface area contributed by atoms with E-state index in [0.717, 1.165) is 5.56 Å². The lowest BCUT2D eigenvalue weighted by Crippen LogP contribution is -2.16. The van der Waals surface area contributed by atoms with Crippen LogP contribution in [0.2, 0.25) is 0 Å². The highest BCUT2D eigenvalue weighted by Gasteiger charge is 2.51. The molecule has 0 amide bonds. The molecule has 0 aliphatic carbocycles. The molecule has 0 N–H and O–H groups in total. The summed E-state index contributed by atoms with van der Waals surface area (Å²) < 4.78 is 35.8. The van der Waals surface area contributed by atoms with Crippen LogP contribution in [0.25, 0.3) is 0 Å². The minimum absolute atomic E-state index is 0.395. The summed E-state index contributed by atoms with van der Waals surface area (Å²) in [4.78, 5) is 0. The second-order valence-electron chi connectivity index (χ2n) is 2.86. The first-order chi connectivity index (χ1) is 7.24. The van der Waals surface area contributed by atoms with E-state index in [9.17, 15) is 9.13 Å². The lowest BCUT2D eigenvalue weighted by molar-refractivity contribution is -0.0141. The number of benzene rings is 1. The normalized spacial score (nSPS) is 26.5. The predicted octanol–water partition coefficient (Wildman–Crippen LogP) is 2.93. The molecular weight excluding hydrogens is 238 g/mol. The average Bonchev–Trinajstić information content (AvgIpc) is 2.17. The second kappa shape index (κ2) is 4.88. The van der Waals surface area contributed by atoms with Crippen molar-refractivity contribution >= 4 is 16.5 Å². The standard InChI is InChI=1S/C8H8O5P2/c9-14-11-8(12-15(10)13-14)6-7-4-2-1-3-5-7/h1-5,8H,6H2/q+2. The third-order valence-electron chi connectivity index (χ3n) is 1.79. The maximum absolute atomic E-state index is 10.9. The van der Waals surface area contributed by atoms with Gasteiger partial charge in [0, 0.05) is 15.6 Å². The maximum Gasteiger partial charge on any atom is 0.750 e. The van der Waals surface area contributed by atoms with Crippen LogP contribution in [-0.4, -0.2) is 6.29 Å². The summed E-state index contributed by atoms with van der Waals surface area (Å²) in [6.07, 6.45) is -0.375. The maximum atomic E-state index is 10.9. The molecule has 1 aliphatic heterocycles. The Hall–Kier alpha value is -0.700. The van der Waals surface area contributed by atoms with Gasteiger partial charge in [0.1, 0.15) is 0 Å². The third-order valence-corrected chi connectivity index (χ3v) is 3.67. The molecule has 1 heterocycles. The van der Waals surface area contributed by atoms with Crippen LogP contribution >= 0.6 is 16.5 Å². The summed E-state index contributed by atoms with van der Waals surface area (Å²) >= 11 is 0. The molecule has 15 heavy (non-hydrogen) atoms. The van der Waals surface area contributed by atoms with Crippen LogP contribution in [0, 0.1) is 0 Å². The molecule has 0 bridgehead atoms. The van der Waals surface area contributed by atoms with E-state index in [0.29, 0.717) is 6.42 Å². The minimum Gasteiger partial charge on any atom is -0.0785 e. The van der Waals surface area contributed by atoms with Crippen molar-refractivity contribution in [2.75, 3.05) is 0 Å². The summed E-state index contributed by atoms with van der Waals surface area (Å²) in [6, 6.07) is 9.38. The molecule has 1 saturated heterocycles. The topological polar surface area (TPSA) is 61.8 Å². The van der Waals surface area contributed by atoms with Crippen molar-refractivity contribution < 1.29 is 22.5 Å². The smallest absolute Gasteiger partial charge is 0.0785 e. The van der Waals surface area contributed by atoms with Crippen molar-refractivity contribution in [2.45, 2.75) is 12.7 Å². The highest BCUT2D eigenvalue weighted by molar-refractivity contribution is 7.48. The second-order valence-corrected chi connectivity index (χ2v) is 4.83. The van der Waals surface area contributed by atoms with E-state index in [1.807, 2.05) is 30.3 Å². The van der Waals surface area contributed by atoms with Crippen LogP contribution in [0.4, 0.5) is 0 Å². The zero-order chi connectivity index (χ0) is 10.7. The van der Waals surface area contributed by atoms with Crippen molar-refractivity contribution in [3.63, 3.8) is 0 Å². The molecule has 0 aromatic heterocycles. The minimum atomic E-state index is -2.33. The van der Waals surface area contributed by atoms with Crippen molar-refractivity contribution in [1.29, 1.82) is 0 Å². The van der Waals surface area contributed by atoms with E-state index in [1.54, 1.807) is 0 Å². The molecule has 2 rings (SSSR count). The molecule has 1 aromatic carbocycles. The largest absolute Gasteiger partial charge is 0.750 e. The van der Waals surface area contributed by atoms with Gasteiger partial charge in [-0.05, 0) is 5.56 Å². The van der Waals surface area contributed by atoms with Crippen LogP contribution in [0.5, 0.6) is 0 Å². The summed E-state index contributed by atoms with van der Waals surface area (Å²) in [5.74, 6) is 0. The quantitative estimate of drug-likeness (QED) is 0.750. The average molecular weight is 246 g/mol. The third kappa shape index (κ3) is 3.13. The Morgan fingerprint density at radius 3 is 2.27 bits per heavy atom. The first-order valence-electron chi connectivity index (χ1n) is 4.24. The SMILES string of the molecule is O=[P+]1OC(Cc2ccccc2)O[P+](=O)O1. The van der Waals surface area contributed by atoms with Crippen LogP contribution in [0.3, 0.4) is 0 Å². The van der Waals surface area contributed by atoms with Crippen LogP contribution in [-0.2, 0) is 28.9 Å². The van der Waals surface area contributed by atoms with Gasteiger partial charge in [0.25, 0.3) is 6.29 Å². The van der Waals surface area contributed by atoms with E-state index >= 15 is 0 Å². The zero-order valence-electron chi connectivity index (χ0n) is 7.61. The lowest BCUT2D eigenvalue weighted by atomic mass is 10.1. The Labute approximate surface area is 88.3 Å². The van der Waals surface area contributed by atoms with Gasteiger partial charge in [0.15, 0.2) is 4.31 Å². The van der Waals surface area contributed by atoms with Gasteiger partial charge >= 0.3 is 16.5 Å². The molecule has 0 radical (unpaired) electrons. The molecule has 7 heteroatoms. The first kappa shape index (κ1) is 10.8. The Morgan fingerprint density at radius 1 is 1.07 bits per heavy atom. The first-order valence-corrected chi connectivity index (χ1v) is 6.43. The highest BCUT2D eigenvalue weighted by atomic mass is 31.2. The molecule has 1 fully saturated rings. The van der Waals surface area contributed by atoms with E-state index in [4.69, 9.17) is 9.05 Å². The van der Waals surface area contributed by atoms with Crippen LogP contribution < -0.4 is 0 Å². The fourth-order valence-corrected chi connectivity index (χ4v) is 2.62. The van der Waals surface area contributed by atoms with Crippen LogP contribution in [0.1, 0.15) is 5.56 Å². The van der Waals surface area contributed by atoms with E-state index in [-0.39, 0.29) is 0 Å². The Morgan fingerprint density at radius 2 is 1.67 bits per heavy atom. The monoisotopic (exact) mass is 246 g/mol. The fraction of sp³-hybridized carbons (Fsp3) is 0.250. The van der Waals surface area contributed by atoms with Gasteiger partial charge in [0.05, 0.1) is 0 Å². The van der Waals surface area contributed by atoms with Gasteiger partial charge in [-0.3, -0.25) is 0 Å². The summed E-state index contributed by atoms with van der Waals surface area (Å²) in [6.45, 7) is 0. The Kier molecular flexibility index (Phi) is 3.52. The van der Waals surface area contributed by atoms with Gasteiger partial charge in [-0.1, -0.05) is 39.4 Å². The van der Waals surface area contributed by atoms with Gasteiger partial charge in [-0.2, -0.15) is 0 Å². The molecule has 1 aliphatic rings.